The summed E-state index contributed by atoms with van der Waals surface area (Å²) in [6, 6.07) is 9.69. The maximum Gasteiger partial charge on any atom is 0.238 e. The second-order valence-corrected chi connectivity index (χ2v) is 8.77. The Hall–Kier alpha value is -1.44. The SMILES string of the molecule is CC(C)N(Cc1ccccc1)C(=O)CN(CC1CCCO1)S(C)(=O)=O. The number of sulfonamides is 1. The Morgan fingerprint density at radius 3 is 2.48 bits per heavy atom. The van der Waals surface area contributed by atoms with Crippen molar-refractivity contribution in [2.75, 3.05) is 26.0 Å². The van der Waals surface area contributed by atoms with Crippen LogP contribution in [0.4, 0.5) is 0 Å². The third kappa shape index (κ3) is 6.09. The van der Waals surface area contributed by atoms with Crippen LogP contribution in [0.3, 0.4) is 0 Å². The van der Waals surface area contributed by atoms with E-state index < -0.39 is 10.0 Å². The number of amides is 1. The lowest BCUT2D eigenvalue weighted by atomic mass is 10.2. The Kier molecular flexibility index (Phi) is 6.98. The summed E-state index contributed by atoms with van der Waals surface area (Å²) in [5.41, 5.74) is 1.02. The fraction of sp³-hybridized carbons (Fsp3) is 0.611. The van der Waals surface area contributed by atoms with Crippen molar-refractivity contribution in [2.24, 2.45) is 0 Å². The van der Waals surface area contributed by atoms with Crippen LogP contribution in [0.1, 0.15) is 32.3 Å². The molecule has 140 valence electrons. The van der Waals surface area contributed by atoms with E-state index in [-0.39, 0.29) is 31.1 Å². The summed E-state index contributed by atoms with van der Waals surface area (Å²) in [7, 11) is -3.47. The lowest BCUT2D eigenvalue weighted by Gasteiger charge is -2.30. The van der Waals surface area contributed by atoms with Crippen LogP contribution >= 0.6 is 0 Å². The molecule has 25 heavy (non-hydrogen) atoms. The van der Waals surface area contributed by atoms with Gasteiger partial charge >= 0.3 is 0 Å². The summed E-state index contributed by atoms with van der Waals surface area (Å²) in [6.45, 7) is 5.08. The van der Waals surface area contributed by atoms with Crippen molar-refractivity contribution in [1.82, 2.24) is 9.21 Å². The smallest absolute Gasteiger partial charge is 0.238 e. The fourth-order valence-corrected chi connectivity index (χ4v) is 3.70. The highest BCUT2D eigenvalue weighted by molar-refractivity contribution is 7.88. The van der Waals surface area contributed by atoms with E-state index in [0.29, 0.717) is 13.2 Å². The van der Waals surface area contributed by atoms with Gasteiger partial charge in [-0.2, -0.15) is 4.31 Å². The molecule has 0 aromatic heterocycles. The molecule has 0 aliphatic carbocycles. The number of nitrogens with zero attached hydrogens (tertiary/aromatic N) is 2. The normalized spacial score (nSPS) is 18.0. The van der Waals surface area contributed by atoms with Gasteiger partial charge in [-0.3, -0.25) is 4.79 Å². The molecule has 1 aliphatic heterocycles. The number of benzene rings is 1. The molecule has 1 atom stereocenters. The van der Waals surface area contributed by atoms with E-state index in [0.717, 1.165) is 24.7 Å². The number of hydrogen-bond donors (Lipinski definition) is 0. The van der Waals surface area contributed by atoms with Gasteiger partial charge in [0.2, 0.25) is 15.9 Å². The van der Waals surface area contributed by atoms with Crippen LogP contribution in [0.5, 0.6) is 0 Å². The van der Waals surface area contributed by atoms with E-state index in [1.165, 1.54) is 4.31 Å². The molecule has 2 rings (SSSR count). The molecule has 0 radical (unpaired) electrons. The third-order valence-corrected chi connectivity index (χ3v) is 5.57. The summed E-state index contributed by atoms with van der Waals surface area (Å²) in [5, 5.41) is 0. The molecule has 1 aliphatic rings. The first-order chi connectivity index (χ1) is 11.8. The van der Waals surface area contributed by atoms with Gasteiger partial charge in [0.1, 0.15) is 0 Å². The van der Waals surface area contributed by atoms with Gasteiger partial charge in [-0.15, -0.1) is 0 Å². The first kappa shape index (κ1) is 19.9. The van der Waals surface area contributed by atoms with Crippen LogP contribution in [-0.2, 0) is 26.1 Å². The van der Waals surface area contributed by atoms with Crippen molar-refractivity contribution in [2.45, 2.75) is 45.4 Å². The molecule has 1 aromatic carbocycles. The molecule has 0 bridgehead atoms. The molecule has 1 amide bonds. The summed E-state index contributed by atoms with van der Waals surface area (Å²) in [5.74, 6) is -0.192. The Labute approximate surface area is 150 Å². The van der Waals surface area contributed by atoms with Gasteiger partial charge < -0.3 is 9.64 Å². The molecule has 0 spiro atoms. The lowest BCUT2D eigenvalue weighted by molar-refractivity contribution is -0.134. The second kappa shape index (κ2) is 8.78. The van der Waals surface area contributed by atoms with Crippen LogP contribution in [-0.4, -0.2) is 61.6 Å². The van der Waals surface area contributed by atoms with Crippen molar-refractivity contribution in [3.63, 3.8) is 0 Å². The molecule has 1 fully saturated rings. The minimum Gasteiger partial charge on any atom is -0.377 e. The van der Waals surface area contributed by atoms with Gasteiger partial charge in [-0.1, -0.05) is 30.3 Å². The first-order valence-corrected chi connectivity index (χ1v) is 10.5. The van der Waals surface area contributed by atoms with Crippen LogP contribution in [0.15, 0.2) is 30.3 Å². The average Bonchev–Trinajstić information content (AvgIpc) is 3.05. The molecule has 0 N–H and O–H groups in total. The minimum absolute atomic E-state index is 0.0168. The van der Waals surface area contributed by atoms with E-state index in [1.54, 1.807) is 4.90 Å². The standard InChI is InChI=1S/C18H28N2O4S/c1-15(2)20(12-16-8-5-4-6-9-16)18(21)14-19(25(3,22)23)13-17-10-7-11-24-17/h4-6,8-9,15,17H,7,10-14H2,1-3H3. The molecule has 0 saturated carbocycles. The van der Waals surface area contributed by atoms with Crippen molar-refractivity contribution in [1.29, 1.82) is 0 Å². The van der Waals surface area contributed by atoms with Gasteiger partial charge in [-0.05, 0) is 32.3 Å². The van der Waals surface area contributed by atoms with Gasteiger partial charge in [0.25, 0.3) is 0 Å². The highest BCUT2D eigenvalue weighted by Crippen LogP contribution is 2.16. The molecular weight excluding hydrogens is 340 g/mol. The number of hydrogen-bond acceptors (Lipinski definition) is 4. The lowest BCUT2D eigenvalue weighted by Crippen LogP contribution is -2.46. The average molecular weight is 368 g/mol. The molecule has 6 nitrogen and oxygen atoms in total. The van der Waals surface area contributed by atoms with Gasteiger partial charge in [0.05, 0.1) is 18.9 Å². The number of carbonyl (C=O) groups excluding carboxylic acids is 1. The maximum atomic E-state index is 12.8. The highest BCUT2D eigenvalue weighted by Gasteiger charge is 2.29. The molecule has 7 heteroatoms. The Morgan fingerprint density at radius 2 is 1.96 bits per heavy atom. The number of rotatable bonds is 8. The topological polar surface area (TPSA) is 66.9 Å². The fourth-order valence-electron chi connectivity index (χ4n) is 2.91. The van der Waals surface area contributed by atoms with Gasteiger partial charge in [0, 0.05) is 25.7 Å². The zero-order valence-electron chi connectivity index (χ0n) is 15.2. The minimum atomic E-state index is -3.47. The van der Waals surface area contributed by atoms with Crippen molar-refractivity contribution in [3.8, 4) is 0 Å². The van der Waals surface area contributed by atoms with Crippen molar-refractivity contribution in [3.05, 3.63) is 35.9 Å². The zero-order chi connectivity index (χ0) is 18.4. The monoisotopic (exact) mass is 368 g/mol. The maximum absolute atomic E-state index is 12.8. The second-order valence-electron chi connectivity index (χ2n) is 6.79. The third-order valence-electron chi connectivity index (χ3n) is 4.35. The van der Waals surface area contributed by atoms with E-state index in [9.17, 15) is 13.2 Å². The Bertz CT molecular complexity index is 655. The van der Waals surface area contributed by atoms with E-state index in [4.69, 9.17) is 4.74 Å². The van der Waals surface area contributed by atoms with E-state index in [1.807, 2.05) is 44.2 Å². The summed E-state index contributed by atoms with van der Waals surface area (Å²) >= 11 is 0. The van der Waals surface area contributed by atoms with Gasteiger partial charge in [0.15, 0.2) is 0 Å². The van der Waals surface area contributed by atoms with Crippen molar-refractivity contribution < 1.29 is 17.9 Å². The molecular formula is C18H28N2O4S. The molecule has 1 saturated heterocycles. The molecule has 1 unspecified atom stereocenters. The summed E-state index contributed by atoms with van der Waals surface area (Å²) in [4.78, 5) is 14.5. The predicted molar refractivity (Wildman–Crippen MR) is 97.5 cm³/mol. The number of carbonyl (C=O) groups is 1. The van der Waals surface area contributed by atoms with Crippen LogP contribution in [0.2, 0.25) is 0 Å². The zero-order valence-corrected chi connectivity index (χ0v) is 16.0. The van der Waals surface area contributed by atoms with Crippen LogP contribution in [0.25, 0.3) is 0 Å². The quantitative estimate of drug-likeness (QED) is 0.702. The summed E-state index contributed by atoms with van der Waals surface area (Å²) in [6.07, 6.45) is 2.79. The molecule has 1 heterocycles. The molecule has 1 aromatic rings. The number of ether oxygens (including phenoxy) is 1. The Balaban J connectivity index is 2.07. The highest BCUT2D eigenvalue weighted by atomic mass is 32.2. The van der Waals surface area contributed by atoms with Crippen LogP contribution in [0, 0.1) is 0 Å². The first-order valence-electron chi connectivity index (χ1n) is 8.67. The van der Waals surface area contributed by atoms with E-state index in [2.05, 4.69) is 0 Å². The Morgan fingerprint density at radius 1 is 1.28 bits per heavy atom. The van der Waals surface area contributed by atoms with E-state index >= 15 is 0 Å². The van der Waals surface area contributed by atoms with Gasteiger partial charge in [-0.25, -0.2) is 8.42 Å². The van der Waals surface area contributed by atoms with Crippen molar-refractivity contribution >= 4 is 15.9 Å². The van der Waals surface area contributed by atoms with Crippen LogP contribution < -0.4 is 0 Å². The largest absolute Gasteiger partial charge is 0.377 e. The summed E-state index contributed by atoms with van der Waals surface area (Å²) < 4.78 is 31.0. The predicted octanol–water partition coefficient (Wildman–Crippen LogP) is 1.86.